The topological polar surface area (TPSA) is 35.6 Å². The first-order chi connectivity index (χ1) is 11.5. The molecule has 0 radical (unpaired) electrons. The summed E-state index contributed by atoms with van der Waals surface area (Å²) in [5.74, 6) is 0. The maximum atomic E-state index is 12.2. The van der Waals surface area contributed by atoms with Crippen molar-refractivity contribution in [2.45, 2.75) is 49.8 Å². The fourth-order valence-corrected chi connectivity index (χ4v) is 7.19. The molecule has 0 aromatic heterocycles. The number of nitrogens with one attached hydrogen (secondary N) is 1. The van der Waals surface area contributed by atoms with E-state index in [4.69, 9.17) is 11.6 Å². The minimum atomic E-state index is -0.128. The van der Waals surface area contributed by atoms with Gasteiger partial charge in [0.05, 0.1) is 6.54 Å². The zero-order valence-electron chi connectivity index (χ0n) is 13.9. The zero-order chi connectivity index (χ0) is 16.5. The summed E-state index contributed by atoms with van der Waals surface area (Å²) in [4.78, 5) is 17.8. The standard InChI is InChI=1S/C18H22ClN3OS/c1-21-16(23)20-11-18(21)10-17-7-3-2-4-12(17)8-22-9-13(19)5-6-14(22)15(17)24-18/h8-9H,2-7,10-11H2,1H3,(H,20,23). The van der Waals surface area contributed by atoms with Gasteiger partial charge in [0.1, 0.15) is 4.87 Å². The molecule has 2 amide bonds. The zero-order valence-corrected chi connectivity index (χ0v) is 15.5. The van der Waals surface area contributed by atoms with Crippen LogP contribution in [-0.4, -0.2) is 34.3 Å². The van der Waals surface area contributed by atoms with E-state index in [1.807, 2.05) is 23.7 Å². The van der Waals surface area contributed by atoms with Crippen molar-refractivity contribution in [1.82, 2.24) is 15.1 Å². The number of hydrogen-bond donors (Lipinski definition) is 1. The Labute approximate surface area is 152 Å². The molecule has 4 aliphatic heterocycles. The Hall–Kier alpha value is -1.07. The van der Waals surface area contributed by atoms with Gasteiger partial charge in [0.25, 0.3) is 0 Å². The van der Waals surface area contributed by atoms with Crippen LogP contribution in [0.1, 0.15) is 44.9 Å². The lowest BCUT2D eigenvalue weighted by molar-refractivity contribution is 0.190. The average molecular weight is 364 g/mol. The predicted octanol–water partition coefficient (Wildman–Crippen LogP) is 4.32. The maximum absolute atomic E-state index is 12.2. The molecule has 2 unspecified atom stereocenters. The molecule has 6 heteroatoms. The van der Waals surface area contributed by atoms with Crippen molar-refractivity contribution < 1.29 is 4.79 Å². The van der Waals surface area contributed by atoms with Crippen LogP contribution >= 0.6 is 23.4 Å². The lowest BCUT2D eigenvalue weighted by Gasteiger charge is -2.44. The Balaban J connectivity index is 1.66. The van der Waals surface area contributed by atoms with Crippen LogP contribution in [0.5, 0.6) is 0 Å². The second kappa shape index (κ2) is 4.98. The highest BCUT2D eigenvalue weighted by molar-refractivity contribution is 8.04. The molecule has 1 N–H and O–H groups in total. The Morgan fingerprint density at radius 1 is 1.25 bits per heavy atom. The van der Waals surface area contributed by atoms with E-state index in [1.165, 1.54) is 36.3 Å². The van der Waals surface area contributed by atoms with Crippen molar-refractivity contribution in [3.8, 4) is 0 Å². The molecule has 0 aromatic carbocycles. The van der Waals surface area contributed by atoms with Crippen LogP contribution in [0.15, 0.2) is 33.6 Å². The molecular formula is C18H22ClN3OS. The minimum absolute atomic E-state index is 0.0629. The van der Waals surface area contributed by atoms with Crippen molar-refractivity contribution >= 4 is 29.4 Å². The number of fused-ring (bicyclic) bond motifs is 1. The van der Waals surface area contributed by atoms with Crippen molar-refractivity contribution in [2.24, 2.45) is 5.41 Å². The Morgan fingerprint density at radius 3 is 2.92 bits per heavy atom. The number of carbonyl (C=O) groups excluding carboxylic acids is 1. The van der Waals surface area contributed by atoms with Crippen LogP contribution in [0.25, 0.3) is 0 Å². The van der Waals surface area contributed by atoms with Crippen molar-refractivity contribution in [2.75, 3.05) is 13.6 Å². The first-order valence-corrected chi connectivity index (χ1v) is 10.0. The highest BCUT2D eigenvalue weighted by atomic mass is 35.5. The summed E-state index contributed by atoms with van der Waals surface area (Å²) in [6.07, 6.45) is 12.4. The second-order valence-electron chi connectivity index (χ2n) is 7.65. The number of rotatable bonds is 0. The van der Waals surface area contributed by atoms with E-state index >= 15 is 0 Å². The van der Waals surface area contributed by atoms with Crippen molar-refractivity contribution in [1.29, 1.82) is 0 Å². The van der Waals surface area contributed by atoms with Gasteiger partial charge in [-0.25, -0.2) is 4.79 Å². The second-order valence-corrected chi connectivity index (χ2v) is 9.50. The van der Waals surface area contributed by atoms with Crippen molar-refractivity contribution in [3.63, 3.8) is 0 Å². The number of thioether (sulfide) groups is 1. The summed E-state index contributed by atoms with van der Waals surface area (Å²) in [5, 5.41) is 4.00. The summed E-state index contributed by atoms with van der Waals surface area (Å²) in [6.45, 7) is 0.745. The third kappa shape index (κ3) is 1.86. The average Bonchev–Trinajstić information content (AvgIpc) is 3.05. The van der Waals surface area contributed by atoms with Gasteiger partial charge < -0.3 is 15.1 Å². The number of amides is 2. The Bertz CT molecular complexity index is 730. The monoisotopic (exact) mass is 363 g/mol. The summed E-state index contributed by atoms with van der Waals surface area (Å²) in [5.41, 5.74) is 3.12. The number of urea groups is 1. The molecule has 5 rings (SSSR count). The van der Waals surface area contributed by atoms with Gasteiger partial charge in [-0.2, -0.15) is 0 Å². The van der Waals surface area contributed by atoms with Gasteiger partial charge in [0.2, 0.25) is 0 Å². The van der Waals surface area contributed by atoms with E-state index in [0.717, 1.165) is 30.8 Å². The Morgan fingerprint density at radius 2 is 2.12 bits per heavy atom. The largest absolute Gasteiger partial charge is 0.335 e. The van der Waals surface area contributed by atoms with Gasteiger partial charge in [-0.05, 0) is 44.1 Å². The lowest BCUT2D eigenvalue weighted by atomic mass is 9.65. The summed E-state index contributed by atoms with van der Waals surface area (Å²) in [6, 6.07) is 0.0629. The van der Waals surface area contributed by atoms with E-state index in [-0.39, 0.29) is 16.3 Å². The first-order valence-electron chi connectivity index (χ1n) is 8.84. The van der Waals surface area contributed by atoms with Crippen LogP contribution in [0.2, 0.25) is 0 Å². The molecule has 128 valence electrons. The number of hydrogen-bond acceptors (Lipinski definition) is 3. The molecule has 2 spiro atoms. The van der Waals surface area contributed by atoms with Crippen LogP contribution in [-0.2, 0) is 0 Å². The molecule has 3 fully saturated rings. The van der Waals surface area contributed by atoms with Gasteiger partial charge in [-0.15, -0.1) is 0 Å². The van der Waals surface area contributed by atoms with Gasteiger partial charge >= 0.3 is 6.03 Å². The molecule has 0 aromatic rings. The molecule has 24 heavy (non-hydrogen) atoms. The van der Waals surface area contributed by atoms with E-state index in [0.29, 0.717) is 0 Å². The van der Waals surface area contributed by atoms with Gasteiger partial charge in [0.15, 0.2) is 0 Å². The van der Waals surface area contributed by atoms with E-state index in [2.05, 4.69) is 22.6 Å². The minimum Gasteiger partial charge on any atom is -0.335 e. The fourth-order valence-electron chi connectivity index (χ4n) is 5.10. The van der Waals surface area contributed by atoms with Crippen molar-refractivity contribution in [3.05, 3.63) is 33.6 Å². The molecule has 4 heterocycles. The molecular weight excluding hydrogens is 342 g/mol. The van der Waals surface area contributed by atoms with Gasteiger partial charge in [-0.1, -0.05) is 29.8 Å². The molecule has 5 aliphatic rings. The van der Waals surface area contributed by atoms with Gasteiger partial charge in [-0.3, -0.25) is 0 Å². The number of likely N-dealkylation sites (N-methyl/N-ethyl adjacent to an activating group) is 1. The highest BCUT2D eigenvalue weighted by Crippen LogP contribution is 2.68. The van der Waals surface area contributed by atoms with Gasteiger partial charge in [0, 0.05) is 40.5 Å². The van der Waals surface area contributed by atoms with E-state index in [9.17, 15) is 4.79 Å². The lowest BCUT2D eigenvalue weighted by Crippen LogP contribution is -2.42. The van der Waals surface area contributed by atoms with E-state index in [1.54, 1.807) is 5.57 Å². The summed E-state index contributed by atoms with van der Waals surface area (Å²) < 4.78 is 0. The number of carbonyl (C=O) groups is 1. The molecule has 2 saturated heterocycles. The fraction of sp³-hybridized carbons (Fsp3) is 0.611. The number of nitrogens with zero attached hydrogens (tertiary/aromatic N) is 2. The SMILES string of the molecule is CN1C(=O)NCC12CC13CCCCC1=CN1C=C(Cl)CCC1=C3S2. The maximum Gasteiger partial charge on any atom is 0.318 e. The molecule has 4 nitrogen and oxygen atoms in total. The number of halogens is 1. The molecule has 1 saturated carbocycles. The molecule has 2 atom stereocenters. The first kappa shape index (κ1) is 15.2. The van der Waals surface area contributed by atoms with Crippen LogP contribution < -0.4 is 5.32 Å². The normalized spacial score (nSPS) is 37.8. The molecule has 1 aliphatic carbocycles. The number of allylic oxidation sites excluding steroid dienone is 4. The predicted molar refractivity (Wildman–Crippen MR) is 97.1 cm³/mol. The summed E-state index contributed by atoms with van der Waals surface area (Å²) in [7, 11) is 1.95. The highest BCUT2D eigenvalue weighted by Gasteiger charge is 2.61. The third-order valence-corrected chi connectivity index (χ3v) is 8.46. The molecule has 0 bridgehead atoms. The smallest absolute Gasteiger partial charge is 0.318 e. The van der Waals surface area contributed by atoms with Crippen LogP contribution in [0.3, 0.4) is 0 Å². The van der Waals surface area contributed by atoms with Crippen LogP contribution in [0, 0.1) is 5.41 Å². The summed E-state index contributed by atoms with van der Waals surface area (Å²) >= 11 is 8.26. The quantitative estimate of drug-likeness (QED) is 0.696. The van der Waals surface area contributed by atoms with Crippen LogP contribution in [0.4, 0.5) is 4.79 Å². The Kier molecular flexibility index (Phi) is 3.15. The van der Waals surface area contributed by atoms with E-state index < -0.39 is 0 Å². The third-order valence-electron chi connectivity index (χ3n) is 6.40.